The fourth-order valence-electron chi connectivity index (χ4n) is 3.55. The van der Waals surface area contributed by atoms with Gasteiger partial charge in [-0.2, -0.15) is 5.10 Å². The lowest BCUT2D eigenvalue weighted by molar-refractivity contribution is -0.136. The second-order valence-electron chi connectivity index (χ2n) is 7.82. The lowest BCUT2D eigenvalue weighted by Gasteiger charge is -2.12. The predicted molar refractivity (Wildman–Crippen MR) is 147 cm³/mol. The van der Waals surface area contributed by atoms with Gasteiger partial charge < -0.3 is 19.5 Å². The van der Waals surface area contributed by atoms with Gasteiger partial charge in [0, 0.05) is 15.7 Å². The van der Waals surface area contributed by atoms with E-state index in [1.807, 2.05) is 24.3 Å². The van der Waals surface area contributed by atoms with Crippen LogP contribution in [-0.2, 0) is 9.59 Å². The first-order valence-electron chi connectivity index (χ1n) is 11.3. The minimum absolute atomic E-state index is 0.209. The summed E-state index contributed by atoms with van der Waals surface area (Å²) < 4.78 is 17.0. The van der Waals surface area contributed by atoms with Crippen LogP contribution in [0.3, 0.4) is 0 Å². The summed E-state index contributed by atoms with van der Waals surface area (Å²) in [6, 6.07) is 22.3. The first kappa shape index (κ1) is 26.4. The van der Waals surface area contributed by atoms with Gasteiger partial charge in [0.1, 0.15) is 5.75 Å². The van der Waals surface area contributed by atoms with E-state index in [1.165, 1.54) is 26.5 Å². The summed E-state index contributed by atoms with van der Waals surface area (Å²) in [5, 5.41) is 8.01. The van der Waals surface area contributed by atoms with Crippen LogP contribution in [0.2, 0.25) is 0 Å². The van der Waals surface area contributed by atoms with Crippen LogP contribution >= 0.6 is 15.9 Å². The van der Waals surface area contributed by atoms with Crippen molar-refractivity contribution in [3.05, 3.63) is 94.5 Å². The first-order chi connectivity index (χ1) is 18.4. The van der Waals surface area contributed by atoms with Gasteiger partial charge in [-0.1, -0.05) is 46.3 Å². The number of hydrazone groups is 1. The van der Waals surface area contributed by atoms with Crippen molar-refractivity contribution in [2.24, 2.45) is 5.10 Å². The van der Waals surface area contributed by atoms with Crippen molar-refractivity contribution < 1.29 is 28.6 Å². The fourth-order valence-corrected chi connectivity index (χ4v) is 3.81. The number of fused-ring (bicyclic) bond motifs is 1. The summed E-state index contributed by atoms with van der Waals surface area (Å²) in [7, 11) is 2.97. The molecular weight excluding hydrogens is 554 g/mol. The molecule has 0 aliphatic heterocycles. The Balaban J connectivity index is 1.55. The maximum Gasteiger partial charge on any atom is 0.343 e. The Morgan fingerprint density at radius 2 is 1.53 bits per heavy atom. The van der Waals surface area contributed by atoms with E-state index in [-0.39, 0.29) is 11.3 Å². The van der Waals surface area contributed by atoms with Crippen molar-refractivity contribution in [3.63, 3.8) is 0 Å². The van der Waals surface area contributed by atoms with Crippen LogP contribution in [0.5, 0.6) is 17.2 Å². The molecule has 2 amide bonds. The number of amides is 2. The number of halogens is 1. The van der Waals surface area contributed by atoms with Crippen molar-refractivity contribution in [3.8, 4) is 17.2 Å². The molecule has 9 nitrogen and oxygen atoms in total. The number of rotatable bonds is 7. The van der Waals surface area contributed by atoms with Gasteiger partial charge in [0.25, 0.3) is 0 Å². The second kappa shape index (κ2) is 12.0. The lowest BCUT2D eigenvalue weighted by atomic mass is 10.0. The van der Waals surface area contributed by atoms with Crippen molar-refractivity contribution in [2.75, 3.05) is 19.5 Å². The van der Waals surface area contributed by atoms with E-state index in [2.05, 4.69) is 31.8 Å². The Hall–Kier alpha value is -4.70. The van der Waals surface area contributed by atoms with E-state index >= 15 is 0 Å². The Morgan fingerprint density at radius 1 is 0.816 bits per heavy atom. The number of methoxy groups -OCH3 is 2. The molecule has 2 N–H and O–H groups in total. The molecule has 0 radical (unpaired) electrons. The molecule has 0 saturated carbocycles. The summed E-state index contributed by atoms with van der Waals surface area (Å²) in [5.74, 6) is -1.42. The van der Waals surface area contributed by atoms with E-state index in [0.717, 1.165) is 15.2 Å². The zero-order valence-corrected chi connectivity index (χ0v) is 21.9. The third-order valence-corrected chi connectivity index (χ3v) is 5.95. The van der Waals surface area contributed by atoms with Crippen LogP contribution in [0.1, 0.15) is 15.9 Å². The van der Waals surface area contributed by atoms with Gasteiger partial charge in [0.15, 0.2) is 11.5 Å². The van der Waals surface area contributed by atoms with E-state index in [9.17, 15) is 14.4 Å². The van der Waals surface area contributed by atoms with E-state index < -0.39 is 17.8 Å². The minimum atomic E-state index is -0.965. The molecule has 0 spiro atoms. The highest BCUT2D eigenvalue weighted by Gasteiger charge is 2.17. The third-order valence-electron chi connectivity index (χ3n) is 5.42. The summed E-state index contributed by atoms with van der Waals surface area (Å²) in [4.78, 5) is 37.4. The number of carbonyl (C=O) groups is 3. The molecule has 4 aromatic carbocycles. The van der Waals surface area contributed by atoms with Gasteiger partial charge in [-0.25, -0.2) is 10.2 Å². The average Bonchev–Trinajstić information content (AvgIpc) is 2.94. The zero-order chi connectivity index (χ0) is 27.1. The molecule has 0 atom stereocenters. The van der Waals surface area contributed by atoms with Crippen molar-refractivity contribution in [1.29, 1.82) is 0 Å². The van der Waals surface area contributed by atoms with Crippen molar-refractivity contribution >= 4 is 56.4 Å². The maximum atomic E-state index is 12.9. The lowest BCUT2D eigenvalue weighted by Crippen LogP contribution is -2.32. The molecule has 4 aromatic rings. The highest BCUT2D eigenvalue weighted by molar-refractivity contribution is 9.10. The van der Waals surface area contributed by atoms with Gasteiger partial charge in [-0.05, 0) is 59.3 Å². The molecule has 38 heavy (non-hydrogen) atoms. The van der Waals surface area contributed by atoms with Gasteiger partial charge in [0.05, 0.1) is 26.0 Å². The molecule has 4 rings (SSSR count). The average molecular weight is 576 g/mol. The van der Waals surface area contributed by atoms with E-state index in [4.69, 9.17) is 14.2 Å². The molecule has 0 heterocycles. The summed E-state index contributed by atoms with van der Waals surface area (Å²) in [5.41, 5.74) is 3.34. The Kier molecular flexibility index (Phi) is 8.34. The van der Waals surface area contributed by atoms with Crippen LogP contribution in [0.15, 0.2) is 88.4 Å². The summed E-state index contributed by atoms with van der Waals surface area (Å²) >= 11 is 3.31. The smallest absolute Gasteiger partial charge is 0.343 e. The van der Waals surface area contributed by atoms with Crippen LogP contribution in [0.25, 0.3) is 10.8 Å². The number of benzene rings is 4. The van der Waals surface area contributed by atoms with Gasteiger partial charge in [-0.3, -0.25) is 9.59 Å². The topological polar surface area (TPSA) is 115 Å². The molecule has 0 bridgehead atoms. The molecular formula is C28H22BrN3O6. The van der Waals surface area contributed by atoms with E-state index in [0.29, 0.717) is 22.7 Å². The standard InChI is InChI=1S/C28H22BrN3O6/c1-36-24-14-8-18(15-25(24)37-2)28(35)38-23-13-7-17-5-3-4-6-21(17)22(23)16-30-32-27(34)26(33)31-20-11-9-19(29)10-12-20/h3-16H,1-2H3,(H,31,33)(H,32,34)/b30-16-. The largest absolute Gasteiger partial charge is 0.493 e. The maximum absolute atomic E-state index is 12.9. The van der Waals surface area contributed by atoms with Gasteiger partial charge >= 0.3 is 17.8 Å². The second-order valence-corrected chi connectivity index (χ2v) is 8.73. The SMILES string of the molecule is COc1ccc(C(=O)Oc2ccc3ccccc3c2/C=N\NC(=O)C(=O)Nc2ccc(Br)cc2)cc1OC. The van der Waals surface area contributed by atoms with Crippen LogP contribution in [0.4, 0.5) is 5.69 Å². The third kappa shape index (κ3) is 6.16. The molecule has 0 aromatic heterocycles. The van der Waals surface area contributed by atoms with Crippen LogP contribution in [-0.4, -0.2) is 38.2 Å². The number of hydrogen-bond acceptors (Lipinski definition) is 7. The van der Waals surface area contributed by atoms with Gasteiger partial charge in [-0.15, -0.1) is 0 Å². The molecule has 0 aliphatic carbocycles. The predicted octanol–water partition coefficient (Wildman–Crippen LogP) is 4.93. The monoisotopic (exact) mass is 575 g/mol. The van der Waals surface area contributed by atoms with Crippen molar-refractivity contribution in [1.82, 2.24) is 5.43 Å². The van der Waals surface area contributed by atoms with Crippen LogP contribution in [0, 0.1) is 0 Å². The number of nitrogens with zero attached hydrogens (tertiary/aromatic N) is 1. The molecule has 192 valence electrons. The number of hydrogen-bond donors (Lipinski definition) is 2. The molecule has 0 unspecified atom stereocenters. The Labute approximate surface area is 226 Å². The first-order valence-corrected chi connectivity index (χ1v) is 12.0. The number of ether oxygens (including phenoxy) is 3. The Morgan fingerprint density at radius 3 is 2.26 bits per heavy atom. The van der Waals surface area contributed by atoms with Crippen LogP contribution < -0.4 is 25.0 Å². The fraction of sp³-hybridized carbons (Fsp3) is 0.0714. The summed E-state index contributed by atoms with van der Waals surface area (Å²) in [6.45, 7) is 0. The molecule has 10 heteroatoms. The van der Waals surface area contributed by atoms with Gasteiger partial charge in [0.2, 0.25) is 0 Å². The number of nitrogens with one attached hydrogen (secondary N) is 2. The molecule has 0 saturated heterocycles. The highest BCUT2D eigenvalue weighted by Crippen LogP contribution is 2.30. The summed E-state index contributed by atoms with van der Waals surface area (Å²) in [6.07, 6.45) is 1.32. The molecule has 0 aliphatic rings. The van der Waals surface area contributed by atoms with E-state index in [1.54, 1.807) is 48.5 Å². The van der Waals surface area contributed by atoms with Crippen molar-refractivity contribution in [2.45, 2.75) is 0 Å². The number of anilines is 1. The number of carbonyl (C=O) groups excluding carboxylic acids is 3. The number of esters is 1. The zero-order valence-electron chi connectivity index (χ0n) is 20.4. The minimum Gasteiger partial charge on any atom is -0.493 e. The quantitative estimate of drug-likeness (QED) is 0.106. The normalized spacial score (nSPS) is 10.7. The highest BCUT2D eigenvalue weighted by atomic mass is 79.9. The molecule has 0 fully saturated rings. The Bertz CT molecular complexity index is 1540.